The highest BCUT2D eigenvalue weighted by Gasteiger charge is 2.37. The summed E-state index contributed by atoms with van der Waals surface area (Å²) in [6.45, 7) is 6.88. The number of hydrogen-bond donors (Lipinski definition) is 0. The molecule has 1 atom stereocenters. The lowest BCUT2D eigenvalue weighted by molar-refractivity contribution is -0.163. The van der Waals surface area contributed by atoms with Crippen molar-refractivity contribution in [2.24, 2.45) is 5.92 Å². The normalized spacial score (nSPS) is 14.9. The van der Waals surface area contributed by atoms with Gasteiger partial charge >= 0.3 is 5.97 Å². The van der Waals surface area contributed by atoms with E-state index < -0.39 is 17.8 Å². The van der Waals surface area contributed by atoms with Crippen molar-refractivity contribution in [3.05, 3.63) is 95.6 Å². The van der Waals surface area contributed by atoms with Crippen LogP contribution in [0.25, 0.3) is 11.1 Å². The number of rotatable bonds is 11. The van der Waals surface area contributed by atoms with Crippen LogP contribution in [-0.2, 0) is 37.0 Å². The fraction of sp³-hybridized carbons (Fsp3) is 0.364. The third kappa shape index (κ3) is 7.35. The highest BCUT2D eigenvalue weighted by atomic mass is 16.7. The lowest BCUT2D eigenvalue weighted by atomic mass is 9.96. The first-order chi connectivity index (χ1) is 19.3. The lowest BCUT2D eigenvalue weighted by Crippen LogP contribution is -2.48. The smallest absolute Gasteiger partial charge is 0.329 e. The second-order valence-electron chi connectivity index (χ2n) is 10.5. The summed E-state index contributed by atoms with van der Waals surface area (Å²) >= 11 is 0. The van der Waals surface area contributed by atoms with Gasteiger partial charge in [0.25, 0.3) is 0 Å². The zero-order valence-electron chi connectivity index (χ0n) is 23.3. The number of carbonyl (C=O) groups is 2. The number of esters is 1. The fourth-order valence-corrected chi connectivity index (χ4v) is 4.94. The molecule has 0 aromatic heterocycles. The number of benzene rings is 3. The lowest BCUT2D eigenvalue weighted by Gasteiger charge is -2.34. The molecule has 3 aromatic carbocycles. The average Bonchev–Trinajstić information content (AvgIpc) is 3.41. The molecule has 1 heterocycles. The summed E-state index contributed by atoms with van der Waals surface area (Å²) in [7, 11) is 0. The largest absolute Gasteiger partial charge is 0.459 e. The Balaban J connectivity index is 1.60. The molecule has 1 aliphatic heterocycles. The second kappa shape index (κ2) is 13.4. The van der Waals surface area contributed by atoms with Crippen molar-refractivity contribution >= 4 is 11.9 Å². The Morgan fingerprint density at radius 2 is 1.62 bits per heavy atom. The van der Waals surface area contributed by atoms with E-state index in [1.54, 1.807) is 11.0 Å². The van der Waals surface area contributed by atoms with Crippen molar-refractivity contribution in [1.82, 2.24) is 4.90 Å². The molecule has 0 aliphatic carbocycles. The van der Waals surface area contributed by atoms with Gasteiger partial charge in [-0.25, -0.2) is 4.79 Å². The number of nitrogens with zero attached hydrogens (tertiary/aromatic N) is 2. The summed E-state index contributed by atoms with van der Waals surface area (Å²) < 4.78 is 17.1. The topological polar surface area (TPSA) is 88.9 Å². The van der Waals surface area contributed by atoms with Crippen LogP contribution in [0.2, 0.25) is 0 Å². The molecule has 0 bridgehead atoms. The number of nitriles is 1. The van der Waals surface area contributed by atoms with Crippen molar-refractivity contribution in [2.45, 2.75) is 58.6 Å². The van der Waals surface area contributed by atoms with Crippen LogP contribution in [0, 0.1) is 17.2 Å². The van der Waals surface area contributed by atoms with Crippen molar-refractivity contribution in [2.75, 3.05) is 13.2 Å². The molecule has 0 spiro atoms. The summed E-state index contributed by atoms with van der Waals surface area (Å²) in [6.07, 6.45) is 0.501. The maximum Gasteiger partial charge on any atom is 0.329 e. The van der Waals surface area contributed by atoms with Gasteiger partial charge in [-0.05, 0) is 41.2 Å². The Bertz CT molecular complexity index is 1330. The van der Waals surface area contributed by atoms with E-state index in [0.717, 1.165) is 22.3 Å². The quantitative estimate of drug-likeness (QED) is 0.283. The summed E-state index contributed by atoms with van der Waals surface area (Å²) in [5.74, 6) is -1.70. The molecule has 7 heteroatoms. The molecule has 1 unspecified atom stereocenters. The van der Waals surface area contributed by atoms with E-state index in [-0.39, 0.29) is 31.4 Å². The first kappa shape index (κ1) is 29.0. The number of carbonyl (C=O) groups excluding carboxylic acids is 2. The second-order valence-corrected chi connectivity index (χ2v) is 10.5. The molecule has 0 saturated carbocycles. The molecule has 1 aliphatic rings. The Kier molecular flexibility index (Phi) is 9.70. The Labute approximate surface area is 236 Å². The van der Waals surface area contributed by atoms with Gasteiger partial charge in [0.2, 0.25) is 5.91 Å². The highest BCUT2D eigenvalue weighted by Crippen LogP contribution is 2.28. The minimum Gasteiger partial charge on any atom is -0.459 e. The van der Waals surface area contributed by atoms with E-state index >= 15 is 0 Å². The van der Waals surface area contributed by atoms with Crippen molar-refractivity contribution in [1.29, 1.82) is 5.26 Å². The number of amides is 1. The summed E-state index contributed by atoms with van der Waals surface area (Å²) in [6, 6.07) is 26.2. The molecule has 1 fully saturated rings. The van der Waals surface area contributed by atoms with Gasteiger partial charge < -0.3 is 19.1 Å². The molecule has 4 rings (SSSR count). The summed E-state index contributed by atoms with van der Waals surface area (Å²) in [4.78, 5) is 28.8. The maximum atomic E-state index is 13.8. The van der Waals surface area contributed by atoms with Crippen LogP contribution in [0.4, 0.5) is 0 Å². The Hall–Kier alpha value is -3.99. The van der Waals surface area contributed by atoms with E-state index in [2.05, 4.69) is 6.07 Å². The van der Waals surface area contributed by atoms with Gasteiger partial charge in [-0.3, -0.25) is 4.79 Å². The van der Waals surface area contributed by atoms with Gasteiger partial charge in [-0.1, -0.05) is 86.6 Å². The molecule has 40 heavy (non-hydrogen) atoms. The van der Waals surface area contributed by atoms with Crippen LogP contribution in [0.5, 0.6) is 0 Å². The number of ether oxygens (including phenoxy) is 3. The molecule has 0 radical (unpaired) electrons. The summed E-state index contributed by atoms with van der Waals surface area (Å²) in [5.41, 5.74) is 3.88. The molecule has 3 aromatic rings. The van der Waals surface area contributed by atoms with Crippen LogP contribution in [0.15, 0.2) is 78.9 Å². The molecular formula is C33H36N2O5. The van der Waals surface area contributed by atoms with Gasteiger partial charge in [0.15, 0.2) is 5.79 Å². The zero-order chi connectivity index (χ0) is 28.5. The van der Waals surface area contributed by atoms with Gasteiger partial charge in [0.05, 0.1) is 24.8 Å². The molecule has 0 N–H and O–H groups in total. The molecule has 208 valence electrons. The first-order valence-electron chi connectivity index (χ1n) is 13.7. The Morgan fingerprint density at radius 3 is 2.25 bits per heavy atom. The van der Waals surface area contributed by atoms with Gasteiger partial charge in [0, 0.05) is 19.4 Å². The highest BCUT2D eigenvalue weighted by molar-refractivity contribution is 5.85. The van der Waals surface area contributed by atoms with Crippen LogP contribution >= 0.6 is 0 Å². The predicted octanol–water partition coefficient (Wildman–Crippen LogP) is 5.87. The standard InChI is InChI=1S/C33H36N2O5/c1-24(2)31(32(37)38-23-25-10-6-4-7-11-25)35(30(36)16-17-33(3)39-18-19-40-33)22-26-14-15-29(28(20-26)21-34)27-12-8-5-9-13-27/h4-15,20,24,31H,16-19,22-23H2,1-3H3. The summed E-state index contributed by atoms with van der Waals surface area (Å²) in [5, 5.41) is 9.91. The third-order valence-corrected chi connectivity index (χ3v) is 7.09. The van der Waals surface area contributed by atoms with Crippen LogP contribution in [0.1, 0.15) is 50.3 Å². The molecular weight excluding hydrogens is 504 g/mol. The van der Waals surface area contributed by atoms with Crippen LogP contribution in [-0.4, -0.2) is 41.8 Å². The van der Waals surface area contributed by atoms with E-state index in [4.69, 9.17) is 14.2 Å². The van der Waals surface area contributed by atoms with E-state index in [0.29, 0.717) is 25.2 Å². The predicted molar refractivity (Wildman–Crippen MR) is 152 cm³/mol. The van der Waals surface area contributed by atoms with Gasteiger partial charge in [-0.2, -0.15) is 5.26 Å². The van der Waals surface area contributed by atoms with Gasteiger partial charge in [0.1, 0.15) is 12.6 Å². The molecule has 1 amide bonds. The number of hydrogen-bond acceptors (Lipinski definition) is 6. The molecule has 1 saturated heterocycles. The first-order valence-corrected chi connectivity index (χ1v) is 13.7. The van der Waals surface area contributed by atoms with Crippen molar-refractivity contribution in [3.8, 4) is 17.2 Å². The maximum absolute atomic E-state index is 13.8. The van der Waals surface area contributed by atoms with Crippen molar-refractivity contribution < 1.29 is 23.8 Å². The SMILES string of the molecule is CC(C)C(C(=O)OCc1ccccc1)N(Cc1ccc(-c2ccccc2)c(C#N)c1)C(=O)CCC1(C)OCCO1. The van der Waals surface area contributed by atoms with Gasteiger partial charge in [-0.15, -0.1) is 0 Å². The monoisotopic (exact) mass is 540 g/mol. The zero-order valence-corrected chi connectivity index (χ0v) is 23.3. The van der Waals surface area contributed by atoms with E-state index in [1.165, 1.54) is 0 Å². The Morgan fingerprint density at radius 1 is 0.975 bits per heavy atom. The molecule has 7 nitrogen and oxygen atoms in total. The van der Waals surface area contributed by atoms with Crippen molar-refractivity contribution in [3.63, 3.8) is 0 Å². The van der Waals surface area contributed by atoms with Crippen LogP contribution in [0.3, 0.4) is 0 Å². The minimum atomic E-state index is -0.826. The average molecular weight is 541 g/mol. The fourth-order valence-electron chi connectivity index (χ4n) is 4.94. The van der Waals surface area contributed by atoms with E-state index in [1.807, 2.05) is 93.6 Å². The van der Waals surface area contributed by atoms with Crippen LogP contribution < -0.4 is 0 Å². The third-order valence-electron chi connectivity index (χ3n) is 7.09. The van der Waals surface area contributed by atoms with E-state index in [9.17, 15) is 14.9 Å². The minimum absolute atomic E-state index is 0.120.